The van der Waals surface area contributed by atoms with E-state index >= 15 is 0 Å². The van der Waals surface area contributed by atoms with Crippen molar-refractivity contribution in [3.05, 3.63) is 12.2 Å². The monoisotopic (exact) mass is 380 g/mol. The van der Waals surface area contributed by atoms with Crippen LogP contribution in [0.25, 0.3) is 0 Å². The van der Waals surface area contributed by atoms with E-state index in [-0.39, 0.29) is 0 Å². The van der Waals surface area contributed by atoms with E-state index in [2.05, 4.69) is 19.1 Å². The van der Waals surface area contributed by atoms with Gasteiger partial charge in [0.25, 0.3) is 0 Å². The molecule has 0 saturated heterocycles. The fraction of sp³-hybridized carbons (Fsp3) is 0.833. The number of carbonyl (C=O) groups excluding carboxylic acids is 1. The van der Waals surface area contributed by atoms with Crippen LogP contribution < -0.4 is 0 Å². The van der Waals surface area contributed by atoms with Gasteiger partial charge in [0.1, 0.15) is 5.78 Å². The Hall–Kier alpha value is -1.12. The van der Waals surface area contributed by atoms with Crippen LogP contribution in [0.3, 0.4) is 0 Å². The Morgan fingerprint density at radius 2 is 1.26 bits per heavy atom. The van der Waals surface area contributed by atoms with E-state index in [9.17, 15) is 9.59 Å². The van der Waals surface area contributed by atoms with Gasteiger partial charge in [-0.2, -0.15) is 0 Å². The molecule has 1 aliphatic carbocycles. The quantitative estimate of drug-likeness (QED) is 0.235. The second kappa shape index (κ2) is 21.2. The van der Waals surface area contributed by atoms with Gasteiger partial charge in [-0.3, -0.25) is 9.59 Å². The van der Waals surface area contributed by atoms with E-state index < -0.39 is 5.97 Å². The summed E-state index contributed by atoms with van der Waals surface area (Å²) in [5.41, 5.74) is 0. The van der Waals surface area contributed by atoms with Gasteiger partial charge < -0.3 is 5.11 Å². The molecule has 1 fully saturated rings. The number of hydrogen-bond acceptors (Lipinski definition) is 2. The van der Waals surface area contributed by atoms with E-state index in [1.54, 1.807) is 0 Å². The number of unbranched alkanes of at least 4 members (excludes halogenated alkanes) is 11. The lowest BCUT2D eigenvalue weighted by atomic mass is 10.00. The number of aliphatic carboxylic acids is 1. The lowest BCUT2D eigenvalue weighted by molar-refractivity contribution is -0.137. The van der Waals surface area contributed by atoms with E-state index in [4.69, 9.17) is 5.11 Å². The average Bonchev–Trinajstić information content (AvgIpc) is 2.66. The molecule has 158 valence electrons. The van der Waals surface area contributed by atoms with Gasteiger partial charge in [0.05, 0.1) is 0 Å². The molecule has 0 amide bonds. The molecule has 1 N–H and O–H groups in total. The van der Waals surface area contributed by atoms with Crippen LogP contribution in [0.15, 0.2) is 12.2 Å². The van der Waals surface area contributed by atoms with Crippen molar-refractivity contribution in [3.8, 4) is 0 Å². The number of allylic oxidation sites excluding steroid dienone is 2. The molecule has 0 atom stereocenters. The maximum atomic E-state index is 10.5. The minimum absolute atomic E-state index is 0.332. The highest BCUT2D eigenvalue weighted by Crippen LogP contribution is 2.12. The molecule has 0 bridgehead atoms. The van der Waals surface area contributed by atoms with Gasteiger partial charge in [0.15, 0.2) is 0 Å². The van der Waals surface area contributed by atoms with E-state index in [1.807, 2.05) is 0 Å². The summed E-state index contributed by atoms with van der Waals surface area (Å²) in [6.45, 7) is 2.26. The van der Waals surface area contributed by atoms with Gasteiger partial charge in [-0.25, -0.2) is 0 Å². The third kappa shape index (κ3) is 22.8. The number of carboxylic acids is 1. The zero-order valence-electron chi connectivity index (χ0n) is 17.9. The maximum absolute atomic E-state index is 10.5. The normalized spacial score (nSPS) is 14.2. The van der Waals surface area contributed by atoms with Crippen LogP contribution in [-0.2, 0) is 9.59 Å². The van der Waals surface area contributed by atoms with Gasteiger partial charge in [0.2, 0.25) is 0 Å². The van der Waals surface area contributed by atoms with Crippen molar-refractivity contribution >= 4 is 11.8 Å². The van der Waals surface area contributed by atoms with Crippen LogP contribution in [0, 0.1) is 0 Å². The lowest BCUT2D eigenvalue weighted by Crippen LogP contribution is -2.02. The summed E-state index contributed by atoms with van der Waals surface area (Å²) >= 11 is 0. The summed E-state index contributed by atoms with van der Waals surface area (Å²) in [4.78, 5) is 20.8. The van der Waals surface area contributed by atoms with Crippen LogP contribution >= 0.6 is 0 Å². The number of carbonyl (C=O) groups is 2. The summed E-state index contributed by atoms with van der Waals surface area (Å²) in [6.07, 6.45) is 26.5. The topological polar surface area (TPSA) is 54.4 Å². The summed E-state index contributed by atoms with van der Waals surface area (Å²) in [7, 11) is 0. The SMILES string of the molecule is CCCCCCCCC=CCCCCCCCC(=O)O.O=C1CCCCC1. The Morgan fingerprint density at radius 1 is 0.778 bits per heavy atom. The standard InChI is InChI=1S/C18H34O2.C6H10O/c1-2-3-4-5-6-7-8-9-10-11-12-13-14-15-16-17-18(19)20;7-6-4-2-1-3-5-6/h9-10H,2-8,11-17H2,1H3,(H,19,20);1-5H2. The average molecular weight is 381 g/mol. The van der Waals surface area contributed by atoms with E-state index in [0.717, 1.165) is 38.5 Å². The molecule has 0 spiro atoms. The Bertz CT molecular complexity index is 366. The van der Waals surface area contributed by atoms with Gasteiger partial charge in [-0.05, 0) is 44.9 Å². The Morgan fingerprint density at radius 3 is 1.70 bits per heavy atom. The number of Topliss-reactive ketones (excluding diaryl/α,β-unsaturated/α-hetero) is 1. The molecule has 0 aliphatic heterocycles. The van der Waals surface area contributed by atoms with Crippen LogP contribution in [0.1, 0.15) is 129 Å². The molecule has 0 heterocycles. The smallest absolute Gasteiger partial charge is 0.303 e. The molecule has 0 radical (unpaired) electrons. The zero-order valence-corrected chi connectivity index (χ0v) is 17.9. The third-order valence-corrected chi connectivity index (χ3v) is 5.06. The van der Waals surface area contributed by atoms with Crippen LogP contribution in [0.5, 0.6) is 0 Å². The first-order valence-electron chi connectivity index (χ1n) is 11.5. The molecule has 0 aromatic rings. The first-order valence-corrected chi connectivity index (χ1v) is 11.5. The highest BCUT2D eigenvalue weighted by atomic mass is 16.4. The van der Waals surface area contributed by atoms with Crippen molar-refractivity contribution in [1.82, 2.24) is 0 Å². The second-order valence-corrected chi connectivity index (χ2v) is 7.83. The van der Waals surface area contributed by atoms with Gasteiger partial charge in [-0.1, -0.05) is 76.9 Å². The Labute approximate surface area is 168 Å². The van der Waals surface area contributed by atoms with Crippen molar-refractivity contribution in [2.45, 2.75) is 129 Å². The number of rotatable bonds is 15. The zero-order chi connectivity index (χ0) is 20.0. The van der Waals surface area contributed by atoms with Gasteiger partial charge >= 0.3 is 5.97 Å². The second-order valence-electron chi connectivity index (χ2n) is 7.83. The van der Waals surface area contributed by atoms with Crippen molar-refractivity contribution in [3.63, 3.8) is 0 Å². The molecule has 0 unspecified atom stereocenters. The first kappa shape index (κ1) is 25.9. The largest absolute Gasteiger partial charge is 0.481 e. The van der Waals surface area contributed by atoms with Crippen molar-refractivity contribution in [2.24, 2.45) is 0 Å². The first-order chi connectivity index (χ1) is 13.2. The highest BCUT2D eigenvalue weighted by Gasteiger charge is 2.06. The van der Waals surface area contributed by atoms with Crippen LogP contribution in [-0.4, -0.2) is 16.9 Å². The molecule has 3 heteroatoms. The molecule has 27 heavy (non-hydrogen) atoms. The number of ketones is 1. The summed E-state index contributed by atoms with van der Waals surface area (Å²) in [6, 6.07) is 0. The molecule has 1 saturated carbocycles. The van der Waals surface area contributed by atoms with Gasteiger partial charge in [-0.15, -0.1) is 0 Å². The van der Waals surface area contributed by atoms with Crippen molar-refractivity contribution in [1.29, 1.82) is 0 Å². The molecule has 1 rings (SSSR count). The summed E-state index contributed by atoms with van der Waals surface area (Å²) in [5, 5.41) is 8.51. The highest BCUT2D eigenvalue weighted by molar-refractivity contribution is 5.78. The molecule has 0 aromatic heterocycles. The van der Waals surface area contributed by atoms with Crippen molar-refractivity contribution in [2.75, 3.05) is 0 Å². The predicted octanol–water partition coefficient (Wildman–Crippen LogP) is 7.63. The molecular weight excluding hydrogens is 336 g/mol. The van der Waals surface area contributed by atoms with Crippen LogP contribution in [0.4, 0.5) is 0 Å². The van der Waals surface area contributed by atoms with E-state index in [0.29, 0.717) is 12.2 Å². The summed E-state index contributed by atoms with van der Waals surface area (Å²) < 4.78 is 0. The fourth-order valence-electron chi connectivity index (χ4n) is 3.29. The maximum Gasteiger partial charge on any atom is 0.303 e. The van der Waals surface area contributed by atoms with Crippen LogP contribution in [0.2, 0.25) is 0 Å². The fourth-order valence-corrected chi connectivity index (χ4v) is 3.29. The van der Waals surface area contributed by atoms with Gasteiger partial charge in [0, 0.05) is 19.3 Å². The lowest BCUT2D eigenvalue weighted by Gasteiger charge is -2.05. The predicted molar refractivity (Wildman–Crippen MR) is 115 cm³/mol. The third-order valence-electron chi connectivity index (χ3n) is 5.06. The molecular formula is C24H44O3. The molecule has 3 nitrogen and oxygen atoms in total. The van der Waals surface area contributed by atoms with Crippen molar-refractivity contribution < 1.29 is 14.7 Å². The Kier molecular flexibility index (Phi) is 20.3. The molecule has 0 aromatic carbocycles. The minimum atomic E-state index is -0.664. The minimum Gasteiger partial charge on any atom is -0.481 e. The number of carboxylic acid groups (broad SMARTS) is 1. The molecule has 1 aliphatic rings. The summed E-state index contributed by atoms with van der Waals surface area (Å²) in [5.74, 6) is -0.200. The number of hydrogen-bond donors (Lipinski definition) is 1. The van der Waals surface area contributed by atoms with E-state index in [1.165, 1.54) is 77.0 Å². The Balaban J connectivity index is 0.000000797.